The fraction of sp³-hybridized carbons (Fsp3) is 0.667. The molecule has 0 unspecified atom stereocenters. The number of hydrazine groups is 1. The Kier molecular flexibility index (Phi) is 3.72. The first-order valence-electron chi connectivity index (χ1n) is 9.90. The molecular formula is C21H26ClFN2O. The van der Waals surface area contributed by atoms with Gasteiger partial charge in [0.1, 0.15) is 11.4 Å². The normalized spacial score (nSPS) is 37.9. The Morgan fingerprint density at radius 1 is 1.12 bits per heavy atom. The fourth-order valence-electron chi connectivity index (χ4n) is 6.42. The standard InChI is InChI=1S/C21H26ClFN2O/c1-21(2)20(26)25(24(21)11-14-4-3-5-17(22)18(14)23)19-15-7-12-6-13(9-15)10-16(19)8-12/h3-5,12-13,15-16,19H,6-11H2,1-2H3. The van der Waals surface area contributed by atoms with E-state index < -0.39 is 5.54 Å². The highest BCUT2D eigenvalue weighted by atomic mass is 35.5. The van der Waals surface area contributed by atoms with Crippen molar-refractivity contribution < 1.29 is 9.18 Å². The molecule has 3 nitrogen and oxygen atoms in total. The molecule has 4 saturated carbocycles. The van der Waals surface area contributed by atoms with E-state index in [0.29, 0.717) is 30.0 Å². The Bertz CT molecular complexity index is 736. The molecule has 1 saturated heterocycles. The summed E-state index contributed by atoms with van der Waals surface area (Å²) in [5.74, 6) is 2.82. The quantitative estimate of drug-likeness (QED) is 0.767. The van der Waals surface area contributed by atoms with Crippen LogP contribution in [0.4, 0.5) is 4.39 Å². The van der Waals surface area contributed by atoms with Crippen LogP contribution in [-0.4, -0.2) is 27.5 Å². The van der Waals surface area contributed by atoms with Gasteiger partial charge in [-0.1, -0.05) is 23.7 Å². The number of hydrogen-bond donors (Lipinski definition) is 0. The zero-order valence-electron chi connectivity index (χ0n) is 15.4. The molecule has 5 aliphatic rings. The molecule has 0 radical (unpaired) electrons. The van der Waals surface area contributed by atoms with Gasteiger partial charge >= 0.3 is 0 Å². The molecule has 0 atom stereocenters. The van der Waals surface area contributed by atoms with Gasteiger partial charge in [0, 0.05) is 12.1 Å². The van der Waals surface area contributed by atoms with Crippen molar-refractivity contribution in [2.24, 2.45) is 23.7 Å². The van der Waals surface area contributed by atoms with Crippen LogP contribution in [-0.2, 0) is 11.3 Å². The summed E-state index contributed by atoms with van der Waals surface area (Å²) in [6.45, 7) is 4.29. The lowest BCUT2D eigenvalue weighted by Gasteiger charge is -2.65. The molecule has 1 aromatic rings. The SMILES string of the molecule is CC1(C)C(=O)N(C2C3CC4CC(C3)CC2C4)N1Cc1cccc(Cl)c1F. The maximum atomic E-state index is 14.5. The van der Waals surface area contributed by atoms with Crippen molar-refractivity contribution in [3.8, 4) is 0 Å². The van der Waals surface area contributed by atoms with E-state index in [1.807, 2.05) is 18.9 Å². The van der Waals surface area contributed by atoms with E-state index in [0.717, 1.165) is 11.8 Å². The molecule has 5 heteroatoms. The summed E-state index contributed by atoms with van der Waals surface area (Å²) in [6, 6.07) is 5.44. The highest BCUT2D eigenvalue weighted by Crippen LogP contribution is 2.57. The van der Waals surface area contributed by atoms with Gasteiger partial charge in [-0.2, -0.15) is 5.01 Å². The molecule has 140 valence electrons. The molecule has 4 aliphatic carbocycles. The van der Waals surface area contributed by atoms with Crippen LogP contribution < -0.4 is 0 Å². The van der Waals surface area contributed by atoms with E-state index in [9.17, 15) is 9.18 Å². The van der Waals surface area contributed by atoms with E-state index >= 15 is 0 Å². The van der Waals surface area contributed by atoms with Crippen LogP contribution in [0.25, 0.3) is 0 Å². The van der Waals surface area contributed by atoms with Crippen molar-refractivity contribution in [3.05, 3.63) is 34.6 Å². The predicted molar refractivity (Wildman–Crippen MR) is 98.7 cm³/mol. The lowest BCUT2D eigenvalue weighted by atomic mass is 9.53. The third-order valence-electron chi connectivity index (χ3n) is 7.45. The van der Waals surface area contributed by atoms with Gasteiger partial charge in [-0.15, -0.1) is 0 Å². The number of rotatable bonds is 3. The second-order valence-electron chi connectivity index (χ2n) is 9.40. The number of halogens is 2. The number of hydrogen-bond acceptors (Lipinski definition) is 2. The highest BCUT2D eigenvalue weighted by Gasteiger charge is 2.60. The topological polar surface area (TPSA) is 23.6 Å². The lowest BCUT2D eigenvalue weighted by molar-refractivity contribution is -0.251. The minimum atomic E-state index is -0.580. The van der Waals surface area contributed by atoms with Crippen molar-refractivity contribution in [1.82, 2.24) is 10.0 Å². The van der Waals surface area contributed by atoms with E-state index in [2.05, 4.69) is 5.01 Å². The van der Waals surface area contributed by atoms with Crippen LogP contribution in [0, 0.1) is 29.5 Å². The molecule has 26 heavy (non-hydrogen) atoms. The van der Waals surface area contributed by atoms with Gasteiger partial charge in [-0.25, -0.2) is 4.39 Å². The van der Waals surface area contributed by atoms with E-state index in [-0.39, 0.29) is 16.7 Å². The second kappa shape index (κ2) is 5.68. The minimum absolute atomic E-state index is 0.147. The fourth-order valence-corrected chi connectivity index (χ4v) is 6.62. The Morgan fingerprint density at radius 3 is 2.35 bits per heavy atom. The van der Waals surface area contributed by atoms with Gasteiger partial charge in [-0.05, 0) is 75.7 Å². The molecule has 1 aliphatic heterocycles. The van der Waals surface area contributed by atoms with Gasteiger partial charge in [0.15, 0.2) is 0 Å². The number of amides is 1. The van der Waals surface area contributed by atoms with E-state index in [4.69, 9.17) is 11.6 Å². The van der Waals surface area contributed by atoms with Crippen molar-refractivity contribution >= 4 is 17.5 Å². The number of nitrogens with zero attached hydrogens (tertiary/aromatic N) is 2. The van der Waals surface area contributed by atoms with Crippen molar-refractivity contribution in [2.45, 2.75) is 64.1 Å². The monoisotopic (exact) mass is 376 g/mol. The number of carbonyl (C=O) groups excluding carboxylic acids is 1. The molecule has 1 amide bonds. The van der Waals surface area contributed by atoms with E-state index in [1.165, 1.54) is 32.1 Å². The summed E-state index contributed by atoms with van der Waals surface area (Å²) in [5, 5.41) is 4.25. The molecule has 0 aromatic heterocycles. The van der Waals surface area contributed by atoms with Crippen molar-refractivity contribution in [1.29, 1.82) is 0 Å². The molecular weight excluding hydrogens is 351 g/mol. The molecule has 1 aromatic carbocycles. The summed E-state index contributed by atoms with van der Waals surface area (Å²) in [7, 11) is 0. The van der Waals surface area contributed by atoms with Crippen LogP contribution in [0.2, 0.25) is 5.02 Å². The average Bonchev–Trinajstić information content (AvgIpc) is 2.59. The second-order valence-corrected chi connectivity index (χ2v) is 9.81. The van der Waals surface area contributed by atoms with Gasteiger partial charge in [0.25, 0.3) is 5.91 Å². The Labute approximate surface area is 159 Å². The maximum Gasteiger partial charge on any atom is 0.258 e. The Balaban J connectivity index is 1.44. The summed E-state index contributed by atoms with van der Waals surface area (Å²) < 4.78 is 14.5. The lowest BCUT2D eigenvalue weighted by Crippen LogP contribution is -2.79. The molecule has 0 spiro atoms. The zero-order valence-corrected chi connectivity index (χ0v) is 16.2. The Hall–Kier alpha value is -1.13. The summed E-state index contributed by atoms with van der Waals surface area (Å²) in [4.78, 5) is 13.0. The number of carbonyl (C=O) groups is 1. The van der Waals surface area contributed by atoms with Crippen LogP contribution in [0.5, 0.6) is 0 Å². The smallest absolute Gasteiger partial charge is 0.258 e. The zero-order chi connectivity index (χ0) is 18.2. The van der Waals surface area contributed by atoms with E-state index in [1.54, 1.807) is 18.2 Å². The molecule has 0 N–H and O–H groups in total. The largest absolute Gasteiger partial charge is 0.271 e. The molecule has 5 fully saturated rings. The first-order valence-corrected chi connectivity index (χ1v) is 10.3. The van der Waals surface area contributed by atoms with Gasteiger partial charge in [0.2, 0.25) is 0 Å². The molecule has 4 bridgehead atoms. The van der Waals surface area contributed by atoms with Crippen molar-refractivity contribution in [3.63, 3.8) is 0 Å². The first kappa shape index (κ1) is 17.0. The molecule has 6 rings (SSSR count). The summed E-state index contributed by atoms with van der Waals surface area (Å²) in [6.07, 6.45) is 6.46. The van der Waals surface area contributed by atoms with Crippen LogP contribution in [0.1, 0.15) is 51.5 Å². The maximum absolute atomic E-state index is 14.5. The van der Waals surface area contributed by atoms with Crippen LogP contribution >= 0.6 is 11.6 Å². The van der Waals surface area contributed by atoms with Gasteiger partial charge < -0.3 is 0 Å². The van der Waals surface area contributed by atoms with Gasteiger partial charge in [0.05, 0.1) is 11.1 Å². The third kappa shape index (κ3) is 2.31. The molecule has 1 heterocycles. The minimum Gasteiger partial charge on any atom is -0.271 e. The van der Waals surface area contributed by atoms with Crippen molar-refractivity contribution in [2.75, 3.05) is 0 Å². The summed E-state index contributed by atoms with van der Waals surface area (Å²) in [5.41, 5.74) is -0.0180. The highest BCUT2D eigenvalue weighted by molar-refractivity contribution is 6.30. The van der Waals surface area contributed by atoms with Crippen LogP contribution in [0.3, 0.4) is 0 Å². The number of benzene rings is 1. The average molecular weight is 377 g/mol. The van der Waals surface area contributed by atoms with Gasteiger partial charge in [-0.3, -0.25) is 9.80 Å². The summed E-state index contributed by atoms with van der Waals surface area (Å²) >= 11 is 5.97. The third-order valence-corrected chi connectivity index (χ3v) is 7.74. The first-order chi connectivity index (χ1) is 12.4. The van der Waals surface area contributed by atoms with Crippen LogP contribution in [0.15, 0.2) is 18.2 Å². The Morgan fingerprint density at radius 2 is 1.73 bits per heavy atom. The predicted octanol–water partition coefficient (Wildman–Crippen LogP) is 4.64.